The Morgan fingerprint density at radius 1 is 1.24 bits per heavy atom. The van der Waals surface area contributed by atoms with Crippen molar-refractivity contribution in [1.29, 1.82) is 0 Å². The van der Waals surface area contributed by atoms with Crippen molar-refractivity contribution in [2.24, 2.45) is 5.41 Å². The maximum atomic E-state index is 13.7. The monoisotopic (exact) mass is 348 g/mol. The average molecular weight is 348 g/mol. The Labute approximate surface area is 149 Å². The molecule has 5 heteroatoms. The number of piperidine rings is 2. The van der Waals surface area contributed by atoms with E-state index >= 15 is 0 Å². The number of aliphatic hydroxyl groups is 1. The zero-order valence-electron chi connectivity index (χ0n) is 15.1. The second-order valence-corrected chi connectivity index (χ2v) is 7.69. The first-order chi connectivity index (χ1) is 12.0. The van der Waals surface area contributed by atoms with Crippen molar-refractivity contribution in [3.05, 3.63) is 35.1 Å². The van der Waals surface area contributed by atoms with Crippen LogP contribution in [0.2, 0.25) is 0 Å². The fraction of sp³-hybridized carbons (Fsp3) is 0.650. The van der Waals surface area contributed by atoms with E-state index in [9.17, 15) is 9.18 Å². The summed E-state index contributed by atoms with van der Waals surface area (Å²) in [4.78, 5) is 16.5. The van der Waals surface area contributed by atoms with Crippen molar-refractivity contribution in [2.45, 2.75) is 45.6 Å². The second-order valence-electron chi connectivity index (χ2n) is 7.69. The third kappa shape index (κ3) is 4.21. The molecule has 0 unspecified atom stereocenters. The Morgan fingerprint density at radius 3 is 2.72 bits per heavy atom. The summed E-state index contributed by atoms with van der Waals surface area (Å²) in [5, 5.41) is 9.03. The predicted octanol–water partition coefficient (Wildman–Crippen LogP) is 2.72. The van der Waals surface area contributed by atoms with Crippen LogP contribution in [0.5, 0.6) is 0 Å². The van der Waals surface area contributed by atoms with Crippen molar-refractivity contribution >= 4 is 5.91 Å². The standard InChI is InChI=1S/C20H29FN2O2/c1-16-17(4-2-5-18(16)21)14-22-11-8-20(9-12-22)7-6-19(25)23(15-20)10-3-13-24/h2,4-5,24H,3,6-15H2,1H3. The molecule has 138 valence electrons. The Hall–Kier alpha value is -1.46. The molecule has 2 saturated heterocycles. The molecule has 0 atom stereocenters. The van der Waals surface area contributed by atoms with Gasteiger partial charge in [-0.25, -0.2) is 4.39 Å². The first-order valence-electron chi connectivity index (χ1n) is 9.38. The number of benzene rings is 1. The van der Waals surface area contributed by atoms with Crippen molar-refractivity contribution in [3.63, 3.8) is 0 Å². The van der Waals surface area contributed by atoms with E-state index in [4.69, 9.17) is 5.11 Å². The first-order valence-corrected chi connectivity index (χ1v) is 9.38. The van der Waals surface area contributed by atoms with E-state index in [1.807, 2.05) is 17.9 Å². The normalized spacial score (nSPS) is 21.1. The molecule has 1 N–H and O–H groups in total. The zero-order chi connectivity index (χ0) is 17.9. The number of nitrogens with zero attached hydrogens (tertiary/aromatic N) is 2. The summed E-state index contributed by atoms with van der Waals surface area (Å²) in [6.07, 6.45) is 4.45. The molecule has 0 radical (unpaired) electrons. The summed E-state index contributed by atoms with van der Waals surface area (Å²) in [6.45, 7) is 6.28. The Morgan fingerprint density at radius 2 is 2.00 bits per heavy atom. The number of amides is 1. The summed E-state index contributed by atoms with van der Waals surface area (Å²) >= 11 is 0. The largest absolute Gasteiger partial charge is 0.396 e. The zero-order valence-corrected chi connectivity index (χ0v) is 15.1. The van der Waals surface area contributed by atoms with Gasteiger partial charge >= 0.3 is 0 Å². The lowest BCUT2D eigenvalue weighted by atomic mass is 9.72. The molecule has 0 saturated carbocycles. The summed E-state index contributed by atoms with van der Waals surface area (Å²) in [7, 11) is 0. The average Bonchev–Trinajstić information content (AvgIpc) is 2.62. The van der Waals surface area contributed by atoms with Crippen molar-refractivity contribution < 1.29 is 14.3 Å². The van der Waals surface area contributed by atoms with Gasteiger partial charge in [-0.2, -0.15) is 0 Å². The van der Waals surface area contributed by atoms with E-state index in [0.29, 0.717) is 19.4 Å². The van der Waals surface area contributed by atoms with Gasteiger partial charge in [0.25, 0.3) is 0 Å². The van der Waals surface area contributed by atoms with E-state index in [1.165, 1.54) is 6.07 Å². The number of hydrogen-bond donors (Lipinski definition) is 1. The molecule has 25 heavy (non-hydrogen) atoms. The molecule has 2 aliphatic heterocycles. The maximum Gasteiger partial charge on any atom is 0.222 e. The minimum atomic E-state index is -0.128. The molecule has 1 aromatic rings. The molecule has 2 fully saturated rings. The molecule has 2 aliphatic rings. The van der Waals surface area contributed by atoms with Crippen LogP contribution in [0.15, 0.2) is 18.2 Å². The highest BCUT2D eigenvalue weighted by atomic mass is 19.1. The minimum absolute atomic E-state index is 0.128. The third-order valence-corrected chi connectivity index (χ3v) is 6.02. The maximum absolute atomic E-state index is 13.7. The van der Waals surface area contributed by atoms with Crippen molar-refractivity contribution in [1.82, 2.24) is 9.80 Å². The van der Waals surface area contributed by atoms with Gasteiger partial charge in [-0.05, 0) is 68.3 Å². The SMILES string of the molecule is Cc1c(F)cccc1CN1CCC2(CCC(=O)N(CCCO)C2)CC1. The lowest BCUT2D eigenvalue weighted by Crippen LogP contribution is -2.51. The van der Waals surface area contributed by atoms with Gasteiger partial charge in [0.05, 0.1) is 0 Å². The number of carbonyl (C=O) groups is 1. The van der Waals surface area contributed by atoms with Crippen LogP contribution in [0, 0.1) is 18.2 Å². The van der Waals surface area contributed by atoms with Crippen molar-refractivity contribution in [2.75, 3.05) is 32.8 Å². The number of aliphatic hydroxyl groups excluding tert-OH is 1. The minimum Gasteiger partial charge on any atom is -0.396 e. The molecule has 1 spiro atoms. The first kappa shape index (κ1) is 18.3. The molecular weight excluding hydrogens is 319 g/mol. The molecule has 1 aromatic carbocycles. The van der Waals surface area contributed by atoms with Crippen LogP contribution >= 0.6 is 0 Å². The van der Waals surface area contributed by atoms with Gasteiger partial charge in [-0.1, -0.05) is 12.1 Å². The van der Waals surface area contributed by atoms with E-state index in [1.54, 1.807) is 6.07 Å². The van der Waals surface area contributed by atoms with E-state index < -0.39 is 0 Å². The molecule has 0 aliphatic carbocycles. The fourth-order valence-electron chi connectivity index (χ4n) is 4.23. The number of likely N-dealkylation sites (tertiary alicyclic amines) is 2. The second kappa shape index (κ2) is 7.83. The number of rotatable bonds is 5. The summed E-state index contributed by atoms with van der Waals surface area (Å²) in [5.74, 6) is 0.105. The fourth-order valence-corrected chi connectivity index (χ4v) is 4.23. The van der Waals surface area contributed by atoms with Gasteiger partial charge in [-0.3, -0.25) is 9.69 Å². The Balaban J connectivity index is 1.57. The lowest BCUT2D eigenvalue weighted by Gasteiger charge is -2.47. The van der Waals surface area contributed by atoms with E-state index in [0.717, 1.165) is 56.6 Å². The smallest absolute Gasteiger partial charge is 0.222 e. The van der Waals surface area contributed by atoms with Crippen LogP contribution in [0.1, 0.15) is 43.2 Å². The van der Waals surface area contributed by atoms with Crippen molar-refractivity contribution in [3.8, 4) is 0 Å². The molecule has 0 bridgehead atoms. The van der Waals surface area contributed by atoms with E-state index in [2.05, 4.69) is 4.90 Å². The van der Waals surface area contributed by atoms with Crippen LogP contribution in [0.25, 0.3) is 0 Å². The lowest BCUT2D eigenvalue weighted by molar-refractivity contribution is -0.139. The van der Waals surface area contributed by atoms with Gasteiger partial charge in [0, 0.05) is 32.7 Å². The van der Waals surface area contributed by atoms with Crippen LogP contribution in [0.3, 0.4) is 0 Å². The third-order valence-electron chi connectivity index (χ3n) is 6.02. The molecule has 3 rings (SSSR count). The summed E-state index contributed by atoms with van der Waals surface area (Å²) < 4.78 is 13.7. The predicted molar refractivity (Wildman–Crippen MR) is 95.6 cm³/mol. The number of halogens is 1. The number of hydrogen-bond acceptors (Lipinski definition) is 3. The van der Waals surface area contributed by atoms with Gasteiger partial charge in [0.15, 0.2) is 0 Å². The van der Waals surface area contributed by atoms with Crippen LogP contribution < -0.4 is 0 Å². The van der Waals surface area contributed by atoms with Gasteiger partial charge in [-0.15, -0.1) is 0 Å². The molecule has 0 aromatic heterocycles. The molecule has 1 amide bonds. The molecule has 2 heterocycles. The van der Waals surface area contributed by atoms with Gasteiger partial charge < -0.3 is 10.0 Å². The van der Waals surface area contributed by atoms with Gasteiger partial charge in [0.2, 0.25) is 5.91 Å². The number of carbonyl (C=O) groups excluding carboxylic acids is 1. The van der Waals surface area contributed by atoms with Crippen LogP contribution in [-0.2, 0) is 11.3 Å². The Bertz CT molecular complexity index is 612. The highest BCUT2D eigenvalue weighted by molar-refractivity contribution is 5.77. The highest BCUT2D eigenvalue weighted by Crippen LogP contribution is 2.40. The van der Waals surface area contributed by atoms with E-state index in [-0.39, 0.29) is 23.7 Å². The molecule has 4 nitrogen and oxygen atoms in total. The Kier molecular flexibility index (Phi) is 5.74. The molecular formula is C20H29FN2O2. The quantitative estimate of drug-likeness (QED) is 0.890. The summed E-state index contributed by atoms with van der Waals surface area (Å²) in [5.41, 5.74) is 2.05. The van der Waals surface area contributed by atoms with Crippen LogP contribution in [-0.4, -0.2) is 53.6 Å². The van der Waals surface area contributed by atoms with Gasteiger partial charge in [0.1, 0.15) is 5.82 Å². The topological polar surface area (TPSA) is 43.8 Å². The highest BCUT2D eigenvalue weighted by Gasteiger charge is 2.40. The van der Waals surface area contributed by atoms with Crippen LogP contribution in [0.4, 0.5) is 4.39 Å². The summed E-state index contributed by atoms with van der Waals surface area (Å²) in [6, 6.07) is 5.32.